The number of aliphatic carboxylic acids is 1. The minimum atomic E-state index is -0.989. The lowest BCUT2D eigenvalue weighted by molar-refractivity contribution is -0.131. The van der Waals surface area contributed by atoms with E-state index in [-0.39, 0.29) is 11.3 Å². The highest BCUT2D eigenvalue weighted by molar-refractivity contribution is 6.35. The topological polar surface area (TPSA) is 57.6 Å². The number of carboxylic acid groups (broad SMARTS) is 1. The number of carboxylic acids is 1. The first-order valence-corrected chi connectivity index (χ1v) is 8.95. The van der Waals surface area contributed by atoms with Gasteiger partial charge < -0.3 is 10.0 Å². The van der Waals surface area contributed by atoms with Crippen molar-refractivity contribution in [3.05, 3.63) is 57.2 Å². The fourth-order valence-corrected chi connectivity index (χ4v) is 4.31. The standard InChI is InChI=1S/C19H19Cl2NO3/c1-19-8-2-3-12(5-7-17(24)25)18(19)22(16(23)10-19)11-13-4-6-14(20)9-15(13)21/h4-7,9H,2-3,8,10-11H2,1H3,(H,24,25). The number of allylic oxidation sites excluding steroid dienone is 3. The predicted molar refractivity (Wildman–Crippen MR) is 97.4 cm³/mol. The maximum absolute atomic E-state index is 12.7. The summed E-state index contributed by atoms with van der Waals surface area (Å²) in [5, 5.41) is 10.0. The van der Waals surface area contributed by atoms with Gasteiger partial charge in [0.05, 0.1) is 6.54 Å². The number of halogens is 2. The van der Waals surface area contributed by atoms with Crippen LogP contribution in [-0.4, -0.2) is 21.9 Å². The summed E-state index contributed by atoms with van der Waals surface area (Å²) in [4.78, 5) is 25.4. The highest BCUT2D eigenvalue weighted by Crippen LogP contribution is 2.50. The van der Waals surface area contributed by atoms with Crippen LogP contribution in [0, 0.1) is 5.41 Å². The van der Waals surface area contributed by atoms with E-state index in [1.165, 1.54) is 0 Å². The quantitative estimate of drug-likeness (QED) is 0.763. The van der Waals surface area contributed by atoms with E-state index < -0.39 is 5.97 Å². The Morgan fingerprint density at radius 3 is 2.84 bits per heavy atom. The van der Waals surface area contributed by atoms with Crippen LogP contribution in [0.25, 0.3) is 0 Å². The number of carbonyl (C=O) groups excluding carboxylic acids is 1. The fourth-order valence-electron chi connectivity index (χ4n) is 3.84. The molecular weight excluding hydrogens is 361 g/mol. The Labute approximate surface area is 156 Å². The summed E-state index contributed by atoms with van der Waals surface area (Å²) >= 11 is 12.2. The summed E-state index contributed by atoms with van der Waals surface area (Å²) in [5.74, 6) is -0.941. The minimum absolute atomic E-state index is 0.0478. The Morgan fingerprint density at radius 2 is 2.16 bits per heavy atom. The van der Waals surface area contributed by atoms with Crippen LogP contribution in [0.15, 0.2) is 41.6 Å². The van der Waals surface area contributed by atoms with Gasteiger partial charge in [0.15, 0.2) is 0 Å². The molecule has 1 aliphatic heterocycles. The summed E-state index contributed by atoms with van der Waals surface area (Å²) in [6.45, 7) is 2.45. The van der Waals surface area contributed by atoms with Gasteiger partial charge in [0, 0.05) is 33.7 Å². The first-order chi connectivity index (χ1) is 11.8. The number of benzene rings is 1. The maximum atomic E-state index is 12.7. The summed E-state index contributed by atoms with van der Waals surface area (Å²) in [5.41, 5.74) is 2.44. The largest absolute Gasteiger partial charge is 0.478 e. The molecule has 3 rings (SSSR count). The molecule has 1 aliphatic carbocycles. The summed E-state index contributed by atoms with van der Waals surface area (Å²) < 4.78 is 0. The third-order valence-corrected chi connectivity index (χ3v) is 5.52. The fraction of sp³-hybridized carbons (Fsp3) is 0.368. The van der Waals surface area contributed by atoms with Crippen molar-refractivity contribution < 1.29 is 14.7 Å². The van der Waals surface area contributed by atoms with Gasteiger partial charge in [-0.2, -0.15) is 0 Å². The molecule has 1 saturated heterocycles. The molecule has 0 saturated carbocycles. The van der Waals surface area contributed by atoms with E-state index in [0.29, 0.717) is 23.0 Å². The third kappa shape index (κ3) is 3.60. The molecule has 1 fully saturated rings. The minimum Gasteiger partial charge on any atom is -0.478 e. The van der Waals surface area contributed by atoms with Gasteiger partial charge >= 0.3 is 5.97 Å². The lowest BCUT2D eigenvalue weighted by Gasteiger charge is -2.34. The van der Waals surface area contributed by atoms with Crippen molar-refractivity contribution in [1.82, 2.24) is 4.90 Å². The van der Waals surface area contributed by atoms with Crippen molar-refractivity contribution >= 4 is 35.1 Å². The lowest BCUT2D eigenvalue weighted by atomic mass is 9.74. The monoisotopic (exact) mass is 379 g/mol. The molecule has 1 heterocycles. The molecule has 1 amide bonds. The number of fused-ring (bicyclic) bond motifs is 1. The average molecular weight is 380 g/mol. The molecule has 0 spiro atoms. The zero-order valence-corrected chi connectivity index (χ0v) is 15.4. The zero-order chi connectivity index (χ0) is 18.2. The molecular formula is C19H19Cl2NO3. The van der Waals surface area contributed by atoms with Gasteiger partial charge in [-0.1, -0.05) is 42.3 Å². The van der Waals surface area contributed by atoms with E-state index in [4.69, 9.17) is 28.3 Å². The number of carbonyl (C=O) groups is 2. The van der Waals surface area contributed by atoms with E-state index >= 15 is 0 Å². The molecule has 0 bridgehead atoms. The molecule has 4 nitrogen and oxygen atoms in total. The molecule has 6 heteroatoms. The Kier molecular flexibility index (Phi) is 4.94. The van der Waals surface area contributed by atoms with E-state index in [1.807, 2.05) is 6.07 Å². The Hall–Kier alpha value is -1.78. The van der Waals surface area contributed by atoms with E-state index in [1.54, 1.807) is 23.1 Å². The average Bonchev–Trinajstić information content (AvgIpc) is 2.78. The summed E-state index contributed by atoms with van der Waals surface area (Å²) in [6, 6.07) is 5.24. The van der Waals surface area contributed by atoms with Gasteiger partial charge in [-0.15, -0.1) is 0 Å². The van der Waals surface area contributed by atoms with E-state index in [0.717, 1.165) is 42.2 Å². The molecule has 1 atom stereocenters. The smallest absolute Gasteiger partial charge is 0.328 e. The number of hydrogen-bond acceptors (Lipinski definition) is 2. The van der Waals surface area contributed by atoms with Crippen LogP contribution in [0.4, 0.5) is 0 Å². The van der Waals surface area contributed by atoms with Crippen molar-refractivity contribution in [2.45, 2.75) is 39.2 Å². The lowest BCUT2D eigenvalue weighted by Crippen LogP contribution is -2.28. The number of likely N-dealkylation sites (tertiary alicyclic amines) is 1. The summed E-state index contributed by atoms with van der Waals surface area (Å²) in [6.07, 6.45) is 5.85. The normalized spacial score (nSPS) is 23.5. The van der Waals surface area contributed by atoms with E-state index in [2.05, 4.69) is 6.92 Å². The van der Waals surface area contributed by atoms with Crippen molar-refractivity contribution in [1.29, 1.82) is 0 Å². The van der Waals surface area contributed by atoms with Crippen LogP contribution < -0.4 is 0 Å². The first-order valence-electron chi connectivity index (χ1n) is 8.19. The highest BCUT2D eigenvalue weighted by atomic mass is 35.5. The van der Waals surface area contributed by atoms with Gasteiger partial charge in [0.2, 0.25) is 5.91 Å². The van der Waals surface area contributed by atoms with Crippen molar-refractivity contribution in [3.63, 3.8) is 0 Å². The number of rotatable bonds is 4. The first kappa shape index (κ1) is 18.0. The second kappa shape index (κ2) is 6.85. The van der Waals surface area contributed by atoms with Crippen molar-refractivity contribution in [3.8, 4) is 0 Å². The van der Waals surface area contributed by atoms with Crippen LogP contribution >= 0.6 is 23.2 Å². The predicted octanol–water partition coefficient (Wildman–Crippen LogP) is 4.81. The Bertz CT molecular complexity index is 800. The third-order valence-electron chi connectivity index (χ3n) is 4.93. The maximum Gasteiger partial charge on any atom is 0.328 e. The van der Waals surface area contributed by atoms with Crippen molar-refractivity contribution in [2.24, 2.45) is 5.41 Å². The second-order valence-corrected chi connectivity index (χ2v) is 7.70. The molecule has 1 N–H and O–H groups in total. The molecule has 132 valence electrons. The zero-order valence-electron chi connectivity index (χ0n) is 13.9. The molecule has 0 aromatic heterocycles. The Morgan fingerprint density at radius 1 is 1.40 bits per heavy atom. The molecule has 25 heavy (non-hydrogen) atoms. The van der Waals surface area contributed by atoms with Gasteiger partial charge in [0.1, 0.15) is 0 Å². The second-order valence-electron chi connectivity index (χ2n) is 6.85. The molecule has 2 aliphatic rings. The van der Waals surface area contributed by atoms with Crippen LogP contribution in [0.5, 0.6) is 0 Å². The van der Waals surface area contributed by atoms with Crippen LogP contribution in [0.2, 0.25) is 10.0 Å². The van der Waals surface area contributed by atoms with Crippen LogP contribution in [0.3, 0.4) is 0 Å². The SMILES string of the molecule is CC12CCCC(C=CC(=O)O)=C1N(Cc1ccc(Cl)cc1Cl)C(=O)C2. The number of hydrogen-bond donors (Lipinski definition) is 1. The Balaban J connectivity index is 2.01. The molecule has 0 radical (unpaired) electrons. The van der Waals surface area contributed by atoms with Crippen LogP contribution in [-0.2, 0) is 16.1 Å². The van der Waals surface area contributed by atoms with Crippen LogP contribution in [0.1, 0.15) is 38.2 Å². The van der Waals surface area contributed by atoms with Gasteiger partial charge in [-0.05, 0) is 42.5 Å². The van der Waals surface area contributed by atoms with Gasteiger partial charge in [-0.3, -0.25) is 4.79 Å². The van der Waals surface area contributed by atoms with Gasteiger partial charge in [0.25, 0.3) is 0 Å². The number of nitrogens with zero attached hydrogens (tertiary/aromatic N) is 1. The highest BCUT2D eigenvalue weighted by Gasteiger charge is 2.46. The number of amides is 1. The van der Waals surface area contributed by atoms with E-state index in [9.17, 15) is 9.59 Å². The van der Waals surface area contributed by atoms with Crippen molar-refractivity contribution in [2.75, 3.05) is 0 Å². The molecule has 1 aromatic carbocycles. The van der Waals surface area contributed by atoms with Gasteiger partial charge in [-0.25, -0.2) is 4.79 Å². The summed E-state index contributed by atoms with van der Waals surface area (Å²) in [7, 11) is 0. The molecule has 1 aromatic rings. The molecule has 1 unspecified atom stereocenters.